The Hall–Kier alpha value is -0.980. The van der Waals surface area contributed by atoms with Crippen molar-refractivity contribution < 1.29 is 9.53 Å². The Morgan fingerprint density at radius 2 is 2.35 bits per heavy atom. The minimum Gasteiger partial charge on any atom is -0.383 e. The Morgan fingerprint density at radius 1 is 1.53 bits per heavy atom. The number of hydrogen-bond acceptors (Lipinski definition) is 5. The predicted octanol–water partition coefficient (Wildman–Crippen LogP) is 0.694. The quantitative estimate of drug-likeness (QED) is 0.673. The maximum atomic E-state index is 11.3. The van der Waals surface area contributed by atoms with Crippen molar-refractivity contribution in [1.29, 1.82) is 0 Å². The molecule has 17 heavy (non-hydrogen) atoms. The lowest BCUT2D eigenvalue weighted by atomic mass is 10.4. The molecule has 0 atom stereocenters. The van der Waals surface area contributed by atoms with Gasteiger partial charge in [0.05, 0.1) is 6.61 Å². The minimum atomic E-state index is 0.0462. The van der Waals surface area contributed by atoms with Crippen molar-refractivity contribution in [2.75, 3.05) is 26.8 Å². The number of amides is 1. The molecule has 2 N–H and O–H groups in total. The lowest BCUT2D eigenvalue weighted by molar-refractivity contribution is -0.121. The topological polar surface area (TPSA) is 63.2 Å². The highest BCUT2D eigenvalue weighted by Gasteiger charge is 2.01. The molecule has 0 aromatic carbocycles. The van der Waals surface area contributed by atoms with Crippen molar-refractivity contribution in [2.45, 2.75) is 19.9 Å². The first-order valence-corrected chi connectivity index (χ1v) is 6.47. The van der Waals surface area contributed by atoms with Crippen LogP contribution in [0.3, 0.4) is 0 Å². The molecule has 0 aliphatic heterocycles. The average molecular weight is 257 g/mol. The maximum absolute atomic E-state index is 11.3. The summed E-state index contributed by atoms with van der Waals surface area (Å²) in [7, 11) is 1.61. The fourth-order valence-corrected chi connectivity index (χ4v) is 2.00. The summed E-state index contributed by atoms with van der Waals surface area (Å²) in [5.74, 6) is 0.0462. The molecule has 0 unspecified atom stereocenters. The number of carbonyl (C=O) groups excluding carboxylic acids is 1. The summed E-state index contributed by atoms with van der Waals surface area (Å²) < 4.78 is 4.84. The van der Waals surface area contributed by atoms with Crippen LogP contribution in [0.1, 0.15) is 17.1 Å². The van der Waals surface area contributed by atoms with E-state index in [2.05, 4.69) is 15.6 Å². The molecule has 1 heterocycles. The minimum absolute atomic E-state index is 0.0462. The fraction of sp³-hybridized carbons (Fsp3) is 0.636. The third-order valence-corrected chi connectivity index (χ3v) is 3.07. The molecule has 0 fully saturated rings. The standard InChI is InChI=1S/C11H19N3O2S/c1-9-8-17-11(14-9)7-12-4-3-10(15)13-5-6-16-2/h8,12H,3-7H2,1-2H3,(H,13,15). The van der Waals surface area contributed by atoms with Gasteiger partial charge in [0.2, 0.25) is 5.91 Å². The van der Waals surface area contributed by atoms with Gasteiger partial charge in [0.15, 0.2) is 0 Å². The first kappa shape index (κ1) is 14.1. The summed E-state index contributed by atoms with van der Waals surface area (Å²) in [5.41, 5.74) is 1.05. The zero-order chi connectivity index (χ0) is 12.5. The zero-order valence-electron chi connectivity index (χ0n) is 10.3. The lowest BCUT2D eigenvalue weighted by Gasteiger charge is -2.04. The molecule has 6 heteroatoms. The summed E-state index contributed by atoms with van der Waals surface area (Å²) in [6.45, 7) is 4.49. The highest BCUT2D eigenvalue weighted by atomic mass is 32.1. The van der Waals surface area contributed by atoms with Crippen molar-refractivity contribution in [3.63, 3.8) is 0 Å². The molecule has 0 saturated heterocycles. The van der Waals surface area contributed by atoms with Gasteiger partial charge in [-0.2, -0.15) is 0 Å². The van der Waals surface area contributed by atoms with Crippen LogP contribution in [0.15, 0.2) is 5.38 Å². The van der Waals surface area contributed by atoms with E-state index < -0.39 is 0 Å². The molecule has 96 valence electrons. The van der Waals surface area contributed by atoms with Gasteiger partial charge < -0.3 is 15.4 Å². The Kier molecular flexibility index (Phi) is 6.76. The van der Waals surface area contributed by atoms with Crippen LogP contribution in [0, 0.1) is 6.92 Å². The lowest BCUT2D eigenvalue weighted by Crippen LogP contribution is -2.29. The number of nitrogens with one attached hydrogen (secondary N) is 2. The summed E-state index contributed by atoms with van der Waals surface area (Å²) >= 11 is 1.63. The molecule has 0 bridgehead atoms. The van der Waals surface area contributed by atoms with Crippen molar-refractivity contribution in [2.24, 2.45) is 0 Å². The molecule has 0 saturated carbocycles. The summed E-state index contributed by atoms with van der Waals surface area (Å²) in [6.07, 6.45) is 0.480. The largest absolute Gasteiger partial charge is 0.383 e. The Labute approximate surface area is 106 Å². The van der Waals surface area contributed by atoms with Gasteiger partial charge in [-0.1, -0.05) is 0 Å². The third-order valence-electron chi connectivity index (χ3n) is 2.10. The molecular formula is C11H19N3O2S. The molecular weight excluding hydrogens is 238 g/mol. The monoisotopic (exact) mass is 257 g/mol. The van der Waals surface area contributed by atoms with Crippen LogP contribution in [0.5, 0.6) is 0 Å². The summed E-state index contributed by atoms with van der Waals surface area (Å²) in [4.78, 5) is 15.6. The maximum Gasteiger partial charge on any atom is 0.221 e. The van der Waals surface area contributed by atoms with E-state index in [1.165, 1.54) is 0 Å². The van der Waals surface area contributed by atoms with Gasteiger partial charge in [-0.3, -0.25) is 4.79 Å². The van der Waals surface area contributed by atoms with E-state index in [0.717, 1.165) is 17.2 Å². The molecule has 0 aliphatic rings. The highest BCUT2D eigenvalue weighted by molar-refractivity contribution is 7.09. The fourth-order valence-electron chi connectivity index (χ4n) is 1.26. The van der Waals surface area contributed by atoms with Gasteiger partial charge in [0, 0.05) is 44.2 Å². The van der Waals surface area contributed by atoms with Crippen molar-refractivity contribution >= 4 is 17.2 Å². The van der Waals surface area contributed by atoms with Crippen LogP contribution in [0.25, 0.3) is 0 Å². The van der Waals surface area contributed by atoms with Gasteiger partial charge in [0.25, 0.3) is 0 Å². The van der Waals surface area contributed by atoms with Crippen LogP contribution in [-0.2, 0) is 16.1 Å². The first-order valence-electron chi connectivity index (χ1n) is 5.59. The number of aryl methyl sites for hydroxylation is 1. The van der Waals surface area contributed by atoms with Crippen molar-refractivity contribution in [1.82, 2.24) is 15.6 Å². The number of thiazole rings is 1. The average Bonchev–Trinajstić information content (AvgIpc) is 2.71. The van der Waals surface area contributed by atoms with E-state index >= 15 is 0 Å². The number of aromatic nitrogens is 1. The van der Waals surface area contributed by atoms with E-state index in [1.54, 1.807) is 18.4 Å². The first-order chi connectivity index (χ1) is 8.22. The number of carbonyl (C=O) groups is 1. The second-order valence-electron chi connectivity index (χ2n) is 3.65. The molecule has 1 amide bonds. The van der Waals surface area contributed by atoms with Crippen LogP contribution in [0.4, 0.5) is 0 Å². The van der Waals surface area contributed by atoms with Gasteiger partial charge >= 0.3 is 0 Å². The van der Waals surface area contributed by atoms with Gasteiger partial charge in [0.1, 0.15) is 5.01 Å². The molecule has 0 radical (unpaired) electrons. The van der Waals surface area contributed by atoms with E-state index in [0.29, 0.717) is 26.1 Å². The second-order valence-corrected chi connectivity index (χ2v) is 4.59. The summed E-state index contributed by atoms with van der Waals surface area (Å²) in [5, 5.41) is 9.04. The van der Waals surface area contributed by atoms with Crippen LogP contribution < -0.4 is 10.6 Å². The highest BCUT2D eigenvalue weighted by Crippen LogP contribution is 2.07. The molecule has 0 aliphatic carbocycles. The second kappa shape index (κ2) is 8.16. The number of hydrogen-bond donors (Lipinski definition) is 2. The third kappa shape index (κ3) is 6.35. The number of ether oxygens (including phenoxy) is 1. The molecule has 1 aromatic heterocycles. The van der Waals surface area contributed by atoms with Crippen LogP contribution >= 0.6 is 11.3 Å². The summed E-state index contributed by atoms with van der Waals surface area (Å²) in [6, 6.07) is 0. The smallest absolute Gasteiger partial charge is 0.221 e. The van der Waals surface area contributed by atoms with Gasteiger partial charge in [-0.05, 0) is 6.92 Å². The van der Waals surface area contributed by atoms with Crippen LogP contribution in [0.2, 0.25) is 0 Å². The number of rotatable bonds is 8. The van der Waals surface area contributed by atoms with E-state index in [1.807, 2.05) is 12.3 Å². The SMILES string of the molecule is COCCNC(=O)CCNCc1nc(C)cs1. The van der Waals surface area contributed by atoms with Crippen molar-refractivity contribution in [3.05, 3.63) is 16.1 Å². The van der Waals surface area contributed by atoms with E-state index in [-0.39, 0.29) is 5.91 Å². The number of nitrogens with zero attached hydrogens (tertiary/aromatic N) is 1. The Balaban J connectivity index is 2.02. The van der Waals surface area contributed by atoms with Gasteiger partial charge in [-0.25, -0.2) is 4.98 Å². The normalized spacial score (nSPS) is 10.5. The van der Waals surface area contributed by atoms with Gasteiger partial charge in [-0.15, -0.1) is 11.3 Å². The molecule has 1 rings (SSSR count). The zero-order valence-corrected chi connectivity index (χ0v) is 11.1. The molecule has 0 spiro atoms. The van der Waals surface area contributed by atoms with E-state index in [4.69, 9.17) is 4.74 Å². The predicted molar refractivity (Wildman–Crippen MR) is 68.1 cm³/mol. The molecule has 1 aromatic rings. The Morgan fingerprint density at radius 3 is 3.00 bits per heavy atom. The number of methoxy groups -OCH3 is 1. The molecule has 5 nitrogen and oxygen atoms in total. The van der Waals surface area contributed by atoms with Crippen LogP contribution in [-0.4, -0.2) is 37.7 Å². The van der Waals surface area contributed by atoms with Crippen molar-refractivity contribution in [3.8, 4) is 0 Å². The van der Waals surface area contributed by atoms with E-state index in [9.17, 15) is 4.79 Å². The Bertz CT molecular complexity index is 341.